The van der Waals surface area contributed by atoms with E-state index >= 15 is 0 Å². The summed E-state index contributed by atoms with van der Waals surface area (Å²) in [6.07, 6.45) is 0.890. The van der Waals surface area contributed by atoms with Crippen molar-refractivity contribution in [2.75, 3.05) is 14.2 Å². The average Bonchev–Trinajstić information content (AvgIpc) is 2.34. The minimum absolute atomic E-state index is 0.233. The molecule has 0 aromatic heterocycles. The lowest BCUT2D eigenvalue weighted by Gasteiger charge is -2.16. The van der Waals surface area contributed by atoms with Crippen molar-refractivity contribution in [3.05, 3.63) is 28.3 Å². The largest absolute Gasteiger partial charge is 0.496 e. The van der Waals surface area contributed by atoms with Crippen molar-refractivity contribution in [1.82, 2.24) is 0 Å². The summed E-state index contributed by atoms with van der Waals surface area (Å²) in [5, 5.41) is 0.666. The first-order valence-electron chi connectivity index (χ1n) is 5.92. The highest BCUT2D eigenvalue weighted by molar-refractivity contribution is 6.30. The third kappa shape index (κ3) is 3.64. The number of hydrogen-bond donors (Lipinski definition) is 0. The molecule has 0 aliphatic heterocycles. The SMILES string of the molecule is COC(=O)CCc1cc(Cl)cc(C(C)C)c1OC. The van der Waals surface area contributed by atoms with Gasteiger partial charge in [-0.15, -0.1) is 0 Å². The lowest BCUT2D eigenvalue weighted by Crippen LogP contribution is -2.05. The molecule has 18 heavy (non-hydrogen) atoms. The normalized spacial score (nSPS) is 10.6. The lowest BCUT2D eigenvalue weighted by atomic mass is 9.97. The number of benzene rings is 1. The summed E-state index contributed by atoms with van der Waals surface area (Å²) in [6, 6.07) is 3.75. The Bertz CT molecular complexity index is 427. The molecule has 0 saturated heterocycles. The molecule has 0 radical (unpaired) electrons. The summed E-state index contributed by atoms with van der Waals surface area (Å²) < 4.78 is 10.1. The van der Waals surface area contributed by atoms with Gasteiger partial charge in [0.05, 0.1) is 14.2 Å². The highest BCUT2D eigenvalue weighted by Gasteiger charge is 2.15. The molecular weight excluding hydrogens is 252 g/mol. The smallest absolute Gasteiger partial charge is 0.305 e. The van der Waals surface area contributed by atoms with E-state index < -0.39 is 0 Å². The predicted octanol–water partition coefficient (Wildman–Crippen LogP) is 3.58. The molecule has 1 aromatic carbocycles. The van der Waals surface area contributed by atoms with Crippen LogP contribution in [-0.4, -0.2) is 20.2 Å². The van der Waals surface area contributed by atoms with Crippen LogP contribution in [0.1, 0.15) is 37.3 Å². The quantitative estimate of drug-likeness (QED) is 0.767. The van der Waals surface area contributed by atoms with E-state index in [1.807, 2.05) is 12.1 Å². The molecule has 0 aliphatic rings. The summed E-state index contributed by atoms with van der Waals surface area (Å²) in [5.74, 6) is 0.900. The summed E-state index contributed by atoms with van der Waals surface area (Å²) >= 11 is 6.10. The molecule has 1 rings (SSSR count). The molecule has 0 bridgehead atoms. The van der Waals surface area contributed by atoms with Crippen LogP contribution in [0.3, 0.4) is 0 Å². The molecule has 0 heterocycles. The Balaban J connectivity index is 3.05. The lowest BCUT2D eigenvalue weighted by molar-refractivity contribution is -0.140. The van der Waals surface area contributed by atoms with Crippen molar-refractivity contribution in [3.63, 3.8) is 0 Å². The summed E-state index contributed by atoms with van der Waals surface area (Å²) in [5.41, 5.74) is 2.00. The van der Waals surface area contributed by atoms with Gasteiger partial charge >= 0.3 is 5.97 Å². The Morgan fingerprint density at radius 1 is 1.33 bits per heavy atom. The first-order valence-corrected chi connectivity index (χ1v) is 6.30. The van der Waals surface area contributed by atoms with E-state index in [4.69, 9.17) is 16.3 Å². The zero-order chi connectivity index (χ0) is 13.7. The van der Waals surface area contributed by atoms with Gasteiger partial charge in [0.15, 0.2) is 0 Å². The van der Waals surface area contributed by atoms with Crippen molar-refractivity contribution in [1.29, 1.82) is 0 Å². The maximum atomic E-state index is 11.2. The number of hydrogen-bond acceptors (Lipinski definition) is 3. The summed E-state index contributed by atoms with van der Waals surface area (Å²) in [4.78, 5) is 11.2. The van der Waals surface area contributed by atoms with Crippen molar-refractivity contribution < 1.29 is 14.3 Å². The monoisotopic (exact) mass is 270 g/mol. The van der Waals surface area contributed by atoms with Crippen LogP contribution in [0.5, 0.6) is 5.75 Å². The number of esters is 1. The molecule has 4 heteroatoms. The molecule has 1 aromatic rings. The van der Waals surface area contributed by atoms with Gasteiger partial charge in [0, 0.05) is 11.4 Å². The number of halogens is 1. The topological polar surface area (TPSA) is 35.5 Å². The van der Waals surface area contributed by atoms with Crippen LogP contribution in [0, 0.1) is 0 Å². The Kier molecular flexibility index (Phi) is 5.48. The van der Waals surface area contributed by atoms with Gasteiger partial charge in [-0.3, -0.25) is 4.79 Å². The van der Waals surface area contributed by atoms with Gasteiger partial charge in [-0.2, -0.15) is 0 Å². The van der Waals surface area contributed by atoms with E-state index in [0.29, 0.717) is 23.8 Å². The molecule has 0 amide bonds. The van der Waals surface area contributed by atoms with E-state index in [-0.39, 0.29) is 5.97 Å². The fourth-order valence-electron chi connectivity index (χ4n) is 1.88. The zero-order valence-electron chi connectivity index (χ0n) is 11.2. The molecule has 3 nitrogen and oxygen atoms in total. The Labute approximate surface area is 113 Å². The van der Waals surface area contributed by atoms with Crippen molar-refractivity contribution >= 4 is 17.6 Å². The number of carbonyl (C=O) groups excluding carboxylic acids is 1. The number of aryl methyl sites for hydroxylation is 1. The standard InChI is InChI=1S/C14H19ClO3/c1-9(2)12-8-11(15)7-10(14(12)18-4)5-6-13(16)17-3/h7-9H,5-6H2,1-4H3. The van der Waals surface area contributed by atoms with E-state index in [2.05, 4.69) is 18.6 Å². The molecule has 0 unspecified atom stereocenters. The number of rotatable bonds is 5. The van der Waals surface area contributed by atoms with Gasteiger partial charge in [0.25, 0.3) is 0 Å². The number of methoxy groups -OCH3 is 2. The van der Waals surface area contributed by atoms with E-state index in [0.717, 1.165) is 16.9 Å². The van der Waals surface area contributed by atoms with E-state index in [9.17, 15) is 4.79 Å². The van der Waals surface area contributed by atoms with Crippen molar-refractivity contribution in [2.24, 2.45) is 0 Å². The van der Waals surface area contributed by atoms with Crippen LogP contribution in [0.4, 0.5) is 0 Å². The van der Waals surface area contributed by atoms with Gasteiger partial charge in [0.1, 0.15) is 5.75 Å². The Hall–Kier alpha value is -1.22. The maximum Gasteiger partial charge on any atom is 0.305 e. The van der Waals surface area contributed by atoms with E-state index in [1.165, 1.54) is 7.11 Å². The van der Waals surface area contributed by atoms with Gasteiger partial charge in [-0.05, 0) is 35.6 Å². The molecule has 100 valence electrons. The first kappa shape index (κ1) is 14.8. The minimum Gasteiger partial charge on any atom is -0.496 e. The molecule has 0 saturated carbocycles. The second-order valence-corrected chi connectivity index (χ2v) is 4.85. The maximum absolute atomic E-state index is 11.2. The van der Waals surface area contributed by atoms with Gasteiger partial charge in [-0.25, -0.2) is 0 Å². The zero-order valence-corrected chi connectivity index (χ0v) is 12.0. The summed E-state index contributed by atoms with van der Waals surface area (Å²) in [7, 11) is 3.02. The molecule has 0 fully saturated rings. The van der Waals surface area contributed by atoms with Gasteiger partial charge in [-0.1, -0.05) is 25.4 Å². The predicted molar refractivity (Wildman–Crippen MR) is 72.4 cm³/mol. The van der Waals surface area contributed by atoms with Crippen LogP contribution in [0.25, 0.3) is 0 Å². The molecule has 0 N–H and O–H groups in total. The fraction of sp³-hybridized carbons (Fsp3) is 0.500. The van der Waals surface area contributed by atoms with Gasteiger partial charge < -0.3 is 9.47 Å². The Morgan fingerprint density at radius 3 is 2.50 bits per heavy atom. The van der Waals surface area contributed by atoms with Crippen LogP contribution >= 0.6 is 11.6 Å². The van der Waals surface area contributed by atoms with Crippen LogP contribution in [0.2, 0.25) is 5.02 Å². The number of ether oxygens (including phenoxy) is 2. The summed E-state index contributed by atoms with van der Waals surface area (Å²) in [6.45, 7) is 4.16. The first-order chi connectivity index (χ1) is 8.49. The highest BCUT2D eigenvalue weighted by atomic mass is 35.5. The van der Waals surface area contributed by atoms with E-state index in [1.54, 1.807) is 7.11 Å². The van der Waals surface area contributed by atoms with Crippen LogP contribution in [0.15, 0.2) is 12.1 Å². The molecule has 0 atom stereocenters. The minimum atomic E-state index is -0.233. The molecular formula is C14H19ClO3. The van der Waals surface area contributed by atoms with Crippen LogP contribution < -0.4 is 4.74 Å². The fourth-order valence-corrected chi connectivity index (χ4v) is 2.12. The highest BCUT2D eigenvalue weighted by Crippen LogP contribution is 2.34. The van der Waals surface area contributed by atoms with Crippen molar-refractivity contribution in [2.45, 2.75) is 32.6 Å². The van der Waals surface area contributed by atoms with Crippen molar-refractivity contribution in [3.8, 4) is 5.75 Å². The average molecular weight is 271 g/mol. The Morgan fingerprint density at radius 2 is 2.00 bits per heavy atom. The molecule has 0 aliphatic carbocycles. The molecule has 0 spiro atoms. The third-order valence-corrected chi connectivity index (χ3v) is 3.03. The van der Waals surface area contributed by atoms with Crippen LogP contribution in [-0.2, 0) is 16.0 Å². The second-order valence-electron chi connectivity index (χ2n) is 4.42. The van der Waals surface area contributed by atoms with Gasteiger partial charge in [0.2, 0.25) is 0 Å². The third-order valence-electron chi connectivity index (χ3n) is 2.81. The second kappa shape index (κ2) is 6.64. The number of carbonyl (C=O) groups is 1.